The number of hydrogen-bond acceptors (Lipinski definition) is 3. The standard InChI is InChI=1S/C12H13BrIN3O/c13-11-2-1-10(14)5-12(11)15-6-9-7-16-17(8-9)3-4-18/h1-2,5,7-8,15,18H,3-4,6H2. The third-order valence-corrected chi connectivity index (χ3v) is 3.79. The Hall–Kier alpha value is -0.600. The molecule has 4 nitrogen and oxygen atoms in total. The number of nitrogens with zero attached hydrogens (tertiary/aromatic N) is 2. The molecule has 0 aliphatic rings. The fraction of sp³-hybridized carbons (Fsp3) is 0.250. The van der Waals surface area contributed by atoms with Gasteiger partial charge in [0.2, 0.25) is 0 Å². The first-order valence-electron chi connectivity index (χ1n) is 5.50. The quantitative estimate of drug-likeness (QED) is 0.730. The van der Waals surface area contributed by atoms with Gasteiger partial charge in [-0.3, -0.25) is 4.68 Å². The van der Waals surface area contributed by atoms with E-state index in [9.17, 15) is 0 Å². The van der Waals surface area contributed by atoms with Gasteiger partial charge in [0.15, 0.2) is 0 Å². The number of aliphatic hydroxyl groups is 1. The Morgan fingerprint density at radius 1 is 1.44 bits per heavy atom. The zero-order chi connectivity index (χ0) is 13.0. The van der Waals surface area contributed by atoms with E-state index in [1.165, 1.54) is 3.57 Å². The van der Waals surface area contributed by atoms with E-state index in [0.717, 1.165) is 15.7 Å². The van der Waals surface area contributed by atoms with E-state index in [4.69, 9.17) is 5.11 Å². The predicted octanol–water partition coefficient (Wildman–Crippen LogP) is 2.85. The van der Waals surface area contributed by atoms with Crippen molar-refractivity contribution in [2.24, 2.45) is 0 Å². The minimum atomic E-state index is 0.108. The Kier molecular flexibility index (Phi) is 5.02. The molecule has 0 amide bonds. The lowest BCUT2D eigenvalue weighted by Gasteiger charge is -2.07. The van der Waals surface area contributed by atoms with Gasteiger partial charge in [-0.2, -0.15) is 5.10 Å². The first-order chi connectivity index (χ1) is 8.69. The average Bonchev–Trinajstić information content (AvgIpc) is 2.79. The Bertz CT molecular complexity index is 530. The maximum absolute atomic E-state index is 8.82. The van der Waals surface area contributed by atoms with Crippen molar-refractivity contribution < 1.29 is 5.11 Å². The molecule has 1 aromatic carbocycles. The lowest BCUT2D eigenvalue weighted by Crippen LogP contribution is -2.02. The van der Waals surface area contributed by atoms with Crippen LogP contribution in [0.5, 0.6) is 0 Å². The van der Waals surface area contributed by atoms with Crippen molar-refractivity contribution in [3.8, 4) is 0 Å². The summed E-state index contributed by atoms with van der Waals surface area (Å²) in [6.45, 7) is 1.36. The molecule has 1 aromatic heterocycles. The molecule has 0 spiro atoms. The Balaban J connectivity index is 1.99. The fourth-order valence-electron chi connectivity index (χ4n) is 1.55. The number of halogens is 2. The largest absolute Gasteiger partial charge is 0.394 e. The minimum Gasteiger partial charge on any atom is -0.394 e. The fourth-order valence-corrected chi connectivity index (χ4v) is 2.43. The van der Waals surface area contributed by atoms with Crippen LogP contribution < -0.4 is 5.32 Å². The van der Waals surface area contributed by atoms with Gasteiger partial charge in [0.25, 0.3) is 0 Å². The summed E-state index contributed by atoms with van der Waals surface area (Å²) in [6.07, 6.45) is 3.75. The summed E-state index contributed by atoms with van der Waals surface area (Å²) in [7, 11) is 0. The highest BCUT2D eigenvalue weighted by molar-refractivity contribution is 14.1. The summed E-state index contributed by atoms with van der Waals surface area (Å²) >= 11 is 5.80. The number of aliphatic hydroxyl groups excluding tert-OH is 1. The smallest absolute Gasteiger partial charge is 0.0640 e. The molecule has 6 heteroatoms. The van der Waals surface area contributed by atoms with Gasteiger partial charge in [0, 0.05) is 32.0 Å². The Labute approximate surface area is 128 Å². The second-order valence-electron chi connectivity index (χ2n) is 3.81. The van der Waals surface area contributed by atoms with Crippen molar-refractivity contribution in [2.45, 2.75) is 13.1 Å². The van der Waals surface area contributed by atoms with Crippen LogP contribution in [0.25, 0.3) is 0 Å². The third kappa shape index (κ3) is 3.69. The molecule has 96 valence electrons. The van der Waals surface area contributed by atoms with Crippen molar-refractivity contribution in [1.82, 2.24) is 9.78 Å². The molecular formula is C12H13BrIN3O. The van der Waals surface area contributed by atoms with E-state index in [1.807, 2.05) is 18.5 Å². The maximum Gasteiger partial charge on any atom is 0.0640 e. The summed E-state index contributed by atoms with van der Waals surface area (Å²) in [4.78, 5) is 0. The number of aromatic nitrogens is 2. The van der Waals surface area contributed by atoms with Gasteiger partial charge in [-0.25, -0.2) is 0 Å². The highest BCUT2D eigenvalue weighted by atomic mass is 127. The molecule has 0 radical (unpaired) electrons. The van der Waals surface area contributed by atoms with Crippen molar-refractivity contribution >= 4 is 44.2 Å². The van der Waals surface area contributed by atoms with Gasteiger partial charge in [0.1, 0.15) is 0 Å². The van der Waals surface area contributed by atoms with Gasteiger partial charge in [-0.05, 0) is 56.7 Å². The Morgan fingerprint density at radius 2 is 2.28 bits per heavy atom. The molecule has 2 aromatic rings. The SMILES string of the molecule is OCCn1cc(CNc2cc(I)ccc2Br)cn1. The second-order valence-corrected chi connectivity index (χ2v) is 5.91. The van der Waals surface area contributed by atoms with Gasteiger partial charge in [-0.15, -0.1) is 0 Å². The molecule has 18 heavy (non-hydrogen) atoms. The van der Waals surface area contributed by atoms with Gasteiger partial charge in [-0.1, -0.05) is 0 Å². The van der Waals surface area contributed by atoms with Crippen molar-refractivity contribution in [3.05, 3.63) is 44.2 Å². The molecule has 0 atom stereocenters. The molecule has 0 saturated heterocycles. The summed E-state index contributed by atoms with van der Waals surface area (Å²) in [5.74, 6) is 0. The van der Waals surface area contributed by atoms with E-state index in [1.54, 1.807) is 4.68 Å². The molecule has 2 rings (SSSR count). The van der Waals surface area contributed by atoms with Crippen LogP contribution in [0.3, 0.4) is 0 Å². The second kappa shape index (κ2) is 6.53. The van der Waals surface area contributed by atoms with Crippen LogP contribution in [-0.2, 0) is 13.1 Å². The average molecular weight is 422 g/mol. The van der Waals surface area contributed by atoms with Crippen molar-refractivity contribution in [1.29, 1.82) is 0 Å². The van der Waals surface area contributed by atoms with Crippen LogP contribution in [0.4, 0.5) is 5.69 Å². The van der Waals surface area contributed by atoms with Crippen LogP contribution in [-0.4, -0.2) is 21.5 Å². The normalized spacial score (nSPS) is 10.6. The van der Waals surface area contributed by atoms with Gasteiger partial charge < -0.3 is 10.4 Å². The number of nitrogens with one attached hydrogen (secondary N) is 1. The van der Waals surface area contributed by atoms with E-state index >= 15 is 0 Å². The van der Waals surface area contributed by atoms with Crippen LogP contribution >= 0.6 is 38.5 Å². The number of hydrogen-bond donors (Lipinski definition) is 2. The molecule has 0 aliphatic carbocycles. The van der Waals surface area contributed by atoms with E-state index in [-0.39, 0.29) is 6.61 Å². The van der Waals surface area contributed by atoms with Crippen LogP contribution in [0.2, 0.25) is 0 Å². The first kappa shape index (κ1) is 13.8. The summed E-state index contributed by atoms with van der Waals surface area (Å²) in [6, 6.07) is 6.16. The zero-order valence-corrected chi connectivity index (χ0v) is 13.3. The molecule has 0 saturated carbocycles. The number of benzene rings is 1. The molecule has 2 N–H and O–H groups in total. The molecular weight excluding hydrogens is 409 g/mol. The van der Waals surface area contributed by atoms with Crippen LogP contribution in [0.15, 0.2) is 35.1 Å². The highest BCUT2D eigenvalue weighted by Gasteiger charge is 2.02. The highest BCUT2D eigenvalue weighted by Crippen LogP contribution is 2.24. The predicted molar refractivity (Wildman–Crippen MR) is 83.5 cm³/mol. The molecule has 0 aliphatic heterocycles. The van der Waals surface area contributed by atoms with Crippen molar-refractivity contribution in [3.63, 3.8) is 0 Å². The van der Waals surface area contributed by atoms with Crippen molar-refractivity contribution in [2.75, 3.05) is 11.9 Å². The minimum absolute atomic E-state index is 0.108. The third-order valence-electron chi connectivity index (χ3n) is 2.43. The maximum atomic E-state index is 8.82. The topological polar surface area (TPSA) is 50.1 Å². The van der Waals surface area contributed by atoms with Gasteiger partial charge in [0.05, 0.1) is 19.3 Å². The van der Waals surface area contributed by atoms with Gasteiger partial charge >= 0.3 is 0 Å². The monoisotopic (exact) mass is 421 g/mol. The molecule has 0 fully saturated rings. The van der Waals surface area contributed by atoms with E-state index in [2.05, 4.69) is 61.1 Å². The summed E-state index contributed by atoms with van der Waals surface area (Å²) in [5, 5.41) is 16.3. The number of rotatable bonds is 5. The van der Waals surface area contributed by atoms with E-state index < -0.39 is 0 Å². The lowest BCUT2D eigenvalue weighted by atomic mass is 10.3. The summed E-state index contributed by atoms with van der Waals surface area (Å²) < 4.78 is 3.97. The zero-order valence-electron chi connectivity index (χ0n) is 9.61. The Morgan fingerprint density at radius 3 is 3.06 bits per heavy atom. The van der Waals surface area contributed by atoms with Crippen LogP contribution in [0.1, 0.15) is 5.56 Å². The van der Waals surface area contributed by atoms with Crippen LogP contribution in [0, 0.1) is 3.57 Å². The number of anilines is 1. The summed E-state index contributed by atoms with van der Waals surface area (Å²) in [5.41, 5.74) is 2.16. The lowest BCUT2D eigenvalue weighted by molar-refractivity contribution is 0.269. The molecule has 0 unspecified atom stereocenters. The first-order valence-corrected chi connectivity index (χ1v) is 7.37. The van der Waals surface area contributed by atoms with E-state index in [0.29, 0.717) is 13.1 Å². The molecule has 1 heterocycles. The molecule has 0 bridgehead atoms.